The first kappa shape index (κ1) is 13.1. The molecule has 1 aromatic rings. The van der Waals surface area contributed by atoms with Crippen molar-refractivity contribution in [3.05, 3.63) is 24.0 Å². The van der Waals surface area contributed by atoms with Crippen molar-refractivity contribution in [3.63, 3.8) is 0 Å². The van der Waals surface area contributed by atoms with E-state index in [0.717, 1.165) is 6.54 Å². The highest BCUT2D eigenvalue weighted by Gasteiger charge is 2.32. The lowest BCUT2D eigenvalue weighted by Gasteiger charge is -2.29. The first-order valence-corrected chi connectivity index (χ1v) is 6.12. The Labute approximate surface area is 107 Å². The van der Waals surface area contributed by atoms with E-state index in [4.69, 9.17) is 5.73 Å². The Balaban J connectivity index is 2.26. The summed E-state index contributed by atoms with van der Waals surface area (Å²) in [4.78, 5) is 4.06. The van der Waals surface area contributed by atoms with E-state index >= 15 is 0 Å². The molecule has 0 amide bonds. The number of rotatable bonds is 3. The summed E-state index contributed by atoms with van der Waals surface area (Å²) in [5.74, 6) is -0.302. The molecule has 18 heavy (non-hydrogen) atoms. The van der Waals surface area contributed by atoms with Crippen molar-refractivity contribution in [3.8, 4) is 0 Å². The fourth-order valence-corrected chi connectivity index (χ4v) is 2.55. The molecule has 0 bridgehead atoms. The van der Waals surface area contributed by atoms with Crippen LogP contribution in [0.25, 0.3) is 0 Å². The molecule has 1 saturated heterocycles. The minimum atomic E-state index is -0.377. The second kappa shape index (κ2) is 5.12. The van der Waals surface area contributed by atoms with Crippen LogP contribution < -0.4 is 10.6 Å². The van der Waals surface area contributed by atoms with E-state index < -0.39 is 0 Å². The maximum atomic E-state index is 13.3. The van der Waals surface area contributed by atoms with Gasteiger partial charge >= 0.3 is 0 Å². The molecule has 2 rings (SSSR count). The molecule has 100 valence electrons. The zero-order chi connectivity index (χ0) is 13.3. The van der Waals surface area contributed by atoms with Crippen LogP contribution in [0.2, 0.25) is 0 Å². The van der Waals surface area contributed by atoms with Crippen LogP contribution in [0.1, 0.15) is 6.42 Å². The molecule has 1 fully saturated rings. The van der Waals surface area contributed by atoms with Crippen LogP contribution in [0.3, 0.4) is 0 Å². The highest BCUT2D eigenvalue weighted by atomic mass is 19.1. The van der Waals surface area contributed by atoms with E-state index in [1.165, 1.54) is 12.1 Å². The van der Waals surface area contributed by atoms with Crippen molar-refractivity contribution in [1.82, 2.24) is 4.90 Å². The van der Waals surface area contributed by atoms with Gasteiger partial charge in [0.25, 0.3) is 0 Å². The Morgan fingerprint density at radius 2 is 2.22 bits per heavy atom. The van der Waals surface area contributed by atoms with Crippen LogP contribution in [-0.2, 0) is 0 Å². The second-order valence-corrected chi connectivity index (χ2v) is 5.16. The average Bonchev–Trinajstić information content (AvgIpc) is 2.62. The zero-order valence-corrected chi connectivity index (χ0v) is 10.8. The van der Waals surface area contributed by atoms with E-state index in [2.05, 4.69) is 4.90 Å². The van der Waals surface area contributed by atoms with Crippen LogP contribution in [0.4, 0.5) is 15.8 Å². The molecule has 2 unspecified atom stereocenters. The van der Waals surface area contributed by atoms with E-state index in [1.807, 2.05) is 19.0 Å². The third-order valence-corrected chi connectivity index (χ3v) is 3.27. The standard InChI is InChI=1S/C13H20FN3O/c1-16(2)7-10-6-11(18)8-17(10)13-5-9(14)3-4-12(13)15/h3-5,10-11,18H,6-8,15H2,1-2H3. The summed E-state index contributed by atoms with van der Waals surface area (Å²) in [5.41, 5.74) is 7.13. The molecular formula is C13H20FN3O. The third-order valence-electron chi connectivity index (χ3n) is 3.27. The Bertz CT molecular complexity index is 425. The average molecular weight is 253 g/mol. The van der Waals surface area contributed by atoms with Gasteiger partial charge < -0.3 is 20.6 Å². The minimum Gasteiger partial charge on any atom is -0.397 e. The van der Waals surface area contributed by atoms with Crippen molar-refractivity contribution in [2.45, 2.75) is 18.6 Å². The summed E-state index contributed by atoms with van der Waals surface area (Å²) in [6.45, 7) is 1.32. The first-order chi connectivity index (χ1) is 8.47. The number of aliphatic hydroxyl groups is 1. The summed E-state index contributed by atoms with van der Waals surface area (Å²) >= 11 is 0. The number of nitrogen functional groups attached to an aromatic ring is 1. The van der Waals surface area contributed by atoms with Crippen molar-refractivity contribution >= 4 is 11.4 Å². The van der Waals surface area contributed by atoms with Gasteiger partial charge in [-0.15, -0.1) is 0 Å². The van der Waals surface area contributed by atoms with Gasteiger partial charge in [0.2, 0.25) is 0 Å². The summed E-state index contributed by atoms with van der Waals surface area (Å²) < 4.78 is 13.3. The quantitative estimate of drug-likeness (QED) is 0.786. The molecule has 0 aliphatic carbocycles. The smallest absolute Gasteiger partial charge is 0.125 e. The van der Waals surface area contributed by atoms with Gasteiger partial charge in [-0.3, -0.25) is 0 Å². The number of benzene rings is 1. The molecule has 0 spiro atoms. The van der Waals surface area contributed by atoms with Crippen LogP contribution in [-0.4, -0.2) is 49.3 Å². The molecule has 1 heterocycles. The number of hydrogen-bond donors (Lipinski definition) is 2. The molecule has 5 heteroatoms. The maximum Gasteiger partial charge on any atom is 0.125 e. The molecule has 2 atom stereocenters. The van der Waals surface area contributed by atoms with Crippen molar-refractivity contribution in [2.24, 2.45) is 0 Å². The number of nitrogens with zero attached hydrogens (tertiary/aromatic N) is 2. The molecule has 1 aliphatic heterocycles. The lowest BCUT2D eigenvalue weighted by molar-refractivity contribution is 0.191. The lowest BCUT2D eigenvalue weighted by Crippen LogP contribution is -2.38. The van der Waals surface area contributed by atoms with Crippen molar-refractivity contribution in [2.75, 3.05) is 37.8 Å². The van der Waals surface area contributed by atoms with Crippen LogP contribution in [0.15, 0.2) is 18.2 Å². The lowest BCUT2D eigenvalue weighted by atomic mass is 10.1. The van der Waals surface area contributed by atoms with Crippen molar-refractivity contribution < 1.29 is 9.50 Å². The maximum absolute atomic E-state index is 13.3. The summed E-state index contributed by atoms with van der Waals surface area (Å²) in [5, 5.41) is 9.81. The predicted molar refractivity (Wildman–Crippen MR) is 71.1 cm³/mol. The van der Waals surface area contributed by atoms with Gasteiger partial charge in [0, 0.05) is 19.1 Å². The van der Waals surface area contributed by atoms with Crippen molar-refractivity contribution in [1.29, 1.82) is 0 Å². The monoisotopic (exact) mass is 253 g/mol. The van der Waals surface area contributed by atoms with E-state index in [9.17, 15) is 9.50 Å². The normalized spacial score (nSPS) is 23.9. The van der Waals surface area contributed by atoms with Gasteiger partial charge in [-0.25, -0.2) is 4.39 Å². The van der Waals surface area contributed by atoms with Gasteiger partial charge in [-0.2, -0.15) is 0 Å². The molecule has 0 aromatic heterocycles. The Hall–Kier alpha value is -1.33. The number of nitrogens with two attached hydrogens (primary N) is 1. The predicted octanol–water partition coefficient (Wildman–Crippen LogP) is 0.909. The Morgan fingerprint density at radius 3 is 2.89 bits per heavy atom. The van der Waals surface area contributed by atoms with Gasteiger partial charge in [-0.1, -0.05) is 0 Å². The first-order valence-electron chi connectivity index (χ1n) is 6.12. The fourth-order valence-electron chi connectivity index (χ4n) is 2.55. The zero-order valence-electron chi connectivity index (χ0n) is 10.8. The topological polar surface area (TPSA) is 52.7 Å². The summed E-state index contributed by atoms with van der Waals surface area (Å²) in [6, 6.07) is 4.53. The fraction of sp³-hybridized carbons (Fsp3) is 0.538. The van der Waals surface area contributed by atoms with E-state index in [0.29, 0.717) is 24.3 Å². The Morgan fingerprint density at radius 1 is 1.50 bits per heavy atom. The number of β-amino-alcohol motifs (C(OH)–C–C–N with tert-alkyl or cyclic N) is 1. The summed E-state index contributed by atoms with van der Waals surface area (Å²) in [6.07, 6.45) is 0.311. The third kappa shape index (κ3) is 2.73. The number of halogens is 1. The largest absolute Gasteiger partial charge is 0.397 e. The second-order valence-electron chi connectivity index (χ2n) is 5.16. The SMILES string of the molecule is CN(C)CC1CC(O)CN1c1cc(F)ccc1N. The van der Waals surface area contributed by atoms with Crippen LogP contribution >= 0.6 is 0 Å². The van der Waals surface area contributed by atoms with Crippen LogP contribution in [0.5, 0.6) is 0 Å². The molecule has 0 saturated carbocycles. The number of likely N-dealkylation sites (N-methyl/N-ethyl adjacent to an activating group) is 1. The highest BCUT2D eigenvalue weighted by Crippen LogP contribution is 2.31. The number of aliphatic hydroxyl groups excluding tert-OH is 1. The van der Waals surface area contributed by atoms with E-state index in [1.54, 1.807) is 6.07 Å². The number of anilines is 2. The molecule has 0 radical (unpaired) electrons. The van der Waals surface area contributed by atoms with Gasteiger partial charge in [0.05, 0.1) is 17.5 Å². The minimum absolute atomic E-state index is 0.166. The summed E-state index contributed by atoms with van der Waals surface area (Å²) in [7, 11) is 3.97. The molecule has 1 aromatic carbocycles. The molecule has 4 nitrogen and oxygen atoms in total. The molecule has 3 N–H and O–H groups in total. The van der Waals surface area contributed by atoms with Gasteiger partial charge in [0.15, 0.2) is 0 Å². The van der Waals surface area contributed by atoms with Crippen LogP contribution in [0, 0.1) is 5.82 Å². The number of hydrogen-bond acceptors (Lipinski definition) is 4. The Kier molecular flexibility index (Phi) is 3.73. The highest BCUT2D eigenvalue weighted by molar-refractivity contribution is 5.68. The molecular weight excluding hydrogens is 233 g/mol. The van der Waals surface area contributed by atoms with Gasteiger partial charge in [0.1, 0.15) is 5.82 Å². The molecule has 1 aliphatic rings. The van der Waals surface area contributed by atoms with E-state index in [-0.39, 0.29) is 18.0 Å². The van der Waals surface area contributed by atoms with Gasteiger partial charge in [-0.05, 0) is 38.7 Å².